The van der Waals surface area contributed by atoms with Crippen LogP contribution in [0.2, 0.25) is 5.02 Å². The average Bonchev–Trinajstić information content (AvgIpc) is 2.66. The summed E-state index contributed by atoms with van der Waals surface area (Å²) in [7, 11) is 4.55. The first kappa shape index (κ1) is 19.7. The van der Waals surface area contributed by atoms with Gasteiger partial charge in [-0.1, -0.05) is 11.6 Å². The predicted molar refractivity (Wildman–Crippen MR) is 94.8 cm³/mol. The van der Waals surface area contributed by atoms with Crippen LogP contribution in [0.15, 0.2) is 30.3 Å². The zero-order chi connectivity index (χ0) is 19.1. The summed E-state index contributed by atoms with van der Waals surface area (Å²) in [4.78, 5) is 11.9. The van der Waals surface area contributed by atoms with E-state index < -0.39 is 5.82 Å². The number of ether oxygens (including phenoxy) is 4. The number of halogens is 2. The SMILES string of the molecule is COc1cc(CNC(=O)COc2ccc(F)c(Cl)c2)cc(OC)c1OC. The summed E-state index contributed by atoms with van der Waals surface area (Å²) in [6, 6.07) is 7.35. The topological polar surface area (TPSA) is 66.0 Å². The third-order valence-electron chi connectivity index (χ3n) is 3.48. The lowest BCUT2D eigenvalue weighted by Crippen LogP contribution is -2.28. The van der Waals surface area contributed by atoms with Crippen molar-refractivity contribution in [2.24, 2.45) is 0 Å². The van der Waals surface area contributed by atoms with E-state index in [9.17, 15) is 9.18 Å². The molecule has 0 unspecified atom stereocenters. The van der Waals surface area contributed by atoms with Crippen LogP contribution in [-0.4, -0.2) is 33.8 Å². The van der Waals surface area contributed by atoms with Gasteiger partial charge in [0.25, 0.3) is 5.91 Å². The van der Waals surface area contributed by atoms with Crippen molar-refractivity contribution in [1.29, 1.82) is 0 Å². The molecule has 0 spiro atoms. The molecule has 6 nitrogen and oxygen atoms in total. The molecule has 0 heterocycles. The first-order chi connectivity index (χ1) is 12.5. The lowest BCUT2D eigenvalue weighted by molar-refractivity contribution is -0.123. The number of rotatable bonds is 8. The van der Waals surface area contributed by atoms with Gasteiger partial charge in [-0.2, -0.15) is 0 Å². The summed E-state index contributed by atoms with van der Waals surface area (Å²) >= 11 is 5.66. The zero-order valence-electron chi connectivity index (χ0n) is 14.6. The van der Waals surface area contributed by atoms with Crippen LogP contribution >= 0.6 is 11.6 Å². The summed E-state index contributed by atoms with van der Waals surface area (Å²) in [5.41, 5.74) is 0.762. The van der Waals surface area contributed by atoms with Crippen molar-refractivity contribution >= 4 is 17.5 Å². The monoisotopic (exact) mass is 383 g/mol. The number of carbonyl (C=O) groups excluding carboxylic acids is 1. The molecule has 0 atom stereocenters. The van der Waals surface area contributed by atoms with Gasteiger partial charge in [0.15, 0.2) is 18.1 Å². The second kappa shape index (κ2) is 9.15. The lowest BCUT2D eigenvalue weighted by atomic mass is 10.1. The molecule has 0 aromatic heterocycles. The van der Waals surface area contributed by atoms with Crippen LogP contribution in [0.5, 0.6) is 23.0 Å². The fraction of sp³-hybridized carbons (Fsp3) is 0.278. The van der Waals surface area contributed by atoms with E-state index >= 15 is 0 Å². The Kier molecular flexibility index (Phi) is 6.91. The number of methoxy groups -OCH3 is 3. The second-order valence-electron chi connectivity index (χ2n) is 5.17. The minimum Gasteiger partial charge on any atom is -0.493 e. The van der Waals surface area contributed by atoms with E-state index in [0.717, 1.165) is 5.56 Å². The molecule has 0 aliphatic rings. The molecule has 0 fully saturated rings. The molecule has 0 bridgehead atoms. The quantitative estimate of drug-likeness (QED) is 0.758. The van der Waals surface area contributed by atoms with Crippen LogP contribution in [0.4, 0.5) is 4.39 Å². The van der Waals surface area contributed by atoms with Gasteiger partial charge in [-0.15, -0.1) is 0 Å². The molecule has 2 rings (SSSR count). The first-order valence-electron chi connectivity index (χ1n) is 7.62. The highest BCUT2D eigenvalue weighted by Crippen LogP contribution is 2.38. The molecule has 2 aromatic rings. The molecule has 2 aromatic carbocycles. The molecule has 0 saturated carbocycles. The van der Waals surface area contributed by atoms with E-state index in [-0.39, 0.29) is 24.1 Å². The Bertz CT molecular complexity index is 759. The Morgan fingerprint density at radius 2 is 1.73 bits per heavy atom. The van der Waals surface area contributed by atoms with Crippen molar-refractivity contribution in [3.63, 3.8) is 0 Å². The predicted octanol–water partition coefficient (Wildman–Crippen LogP) is 3.20. The van der Waals surface area contributed by atoms with E-state index in [1.807, 2.05) is 0 Å². The Morgan fingerprint density at radius 1 is 1.08 bits per heavy atom. The summed E-state index contributed by atoms with van der Waals surface area (Å²) in [5, 5.41) is 2.64. The zero-order valence-corrected chi connectivity index (χ0v) is 15.4. The smallest absolute Gasteiger partial charge is 0.258 e. The summed E-state index contributed by atoms with van der Waals surface area (Å²) < 4.78 is 34.2. The van der Waals surface area contributed by atoms with Crippen LogP contribution in [0, 0.1) is 5.82 Å². The number of amides is 1. The van der Waals surface area contributed by atoms with Crippen molar-refractivity contribution < 1.29 is 28.1 Å². The van der Waals surface area contributed by atoms with Crippen LogP contribution in [0.1, 0.15) is 5.56 Å². The van der Waals surface area contributed by atoms with Crippen molar-refractivity contribution in [2.45, 2.75) is 6.54 Å². The van der Waals surface area contributed by atoms with E-state index in [1.54, 1.807) is 12.1 Å². The minimum atomic E-state index is -0.550. The summed E-state index contributed by atoms with van der Waals surface area (Å²) in [6.07, 6.45) is 0. The van der Waals surface area contributed by atoms with Gasteiger partial charge in [-0.3, -0.25) is 4.79 Å². The summed E-state index contributed by atoms with van der Waals surface area (Å²) in [5.74, 6) is 0.868. The Labute approximate surface area is 155 Å². The first-order valence-corrected chi connectivity index (χ1v) is 7.99. The molecular weight excluding hydrogens is 365 g/mol. The second-order valence-corrected chi connectivity index (χ2v) is 5.58. The molecule has 0 saturated heterocycles. The molecule has 1 amide bonds. The maximum atomic E-state index is 13.1. The third kappa shape index (κ3) is 4.92. The minimum absolute atomic E-state index is 0.0691. The average molecular weight is 384 g/mol. The largest absolute Gasteiger partial charge is 0.493 e. The molecule has 0 aliphatic carbocycles. The number of hydrogen-bond donors (Lipinski definition) is 1. The van der Waals surface area contributed by atoms with E-state index in [4.69, 9.17) is 30.5 Å². The summed E-state index contributed by atoms with van der Waals surface area (Å²) in [6.45, 7) is 0.00939. The maximum Gasteiger partial charge on any atom is 0.258 e. The Hall–Kier alpha value is -2.67. The van der Waals surface area contributed by atoms with Crippen LogP contribution < -0.4 is 24.3 Å². The van der Waals surface area contributed by atoms with Crippen LogP contribution in [0.3, 0.4) is 0 Å². The molecule has 0 aliphatic heterocycles. The number of nitrogens with one attached hydrogen (secondary N) is 1. The Balaban J connectivity index is 1.95. The van der Waals surface area contributed by atoms with Crippen molar-refractivity contribution in [3.05, 3.63) is 46.7 Å². The lowest BCUT2D eigenvalue weighted by Gasteiger charge is -2.14. The normalized spacial score (nSPS) is 10.2. The highest BCUT2D eigenvalue weighted by molar-refractivity contribution is 6.30. The third-order valence-corrected chi connectivity index (χ3v) is 3.76. The van der Waals surface area contributed by atoms with Gasteiger partial charge in [0, 0.05) is 12.6 Å². The molecule has 8 heteroatoms. The molecule has 1 N–H and O–H groups in total. The molecule has 26 heavy (non-hydrogen) atoms. The van der Waals surface area contributed by atoms with Crippen LogP contribution in [-0.2, 0) is 11.3 Å². The molecule has 140 valence electrons. The fourth-order valence-corrected chi connectivity index (χ4v) is 2.38. The van der Waals surface area contributed by atoms with Gasteiger partial charge in [0.2, 0.25) is 5.75 Å². The highest BCUT2D eigenvalue weighted by atomic mass is 35.5. The van der Waals surface area contributed by atoms with Crippen LogP contribution in [0.25, 0.3) is 0 Å². The fourth-order valence-electron chi connectivity index (χ4n) is 2.20. The molecule has 0 radical (unpaired) electrons. The van der Waals surface area contributed by atoms with Crippen molar-refractivity contribution in [2.75, 3.05) is 27.9 Å². The highest BCUT2D eigenvalue weighted by Gasteiger charge is 2.13. The van der Waals surface area contributed by atoms with Gasteiger partial charge in [-0.05, 0) is 29.8 Å². The Morgan fingerprint density at radius 3 is 2.27 bits per heavy atom. The van der Waals surface area contributed by atoms with Gasteiger partial charge in [0.05, 0.1) is 26.4 Å². The van der Waals surface area contributed by atoms with Gasteiger partial charge >= 0.3 is 0 Å². The number of benzene rings is 2. The van der Waals surface area contributed by atoms with Crippen molar-refractivity contribution in [3.8, 4) is 23.0 Å². The van der Waals surface area contributed by atoms with E-state index in [2.05, 4.69) is 5.32 Å². The van der Waals surface area contributed by atoms with Gasteiger partial charge in [0.1, 0.15) is 11.6 Å². The van der Waals surface area contributed by atoms with Gasteiger partial charge in [-0.25, -0.2) is 4.39 Å². The van der Waals surface area contributed by atoms with Gasteiger partial charge < -0.3 is 24.3 Å². The maximum absolute atomic E-state index is 13.1. The van der Waals surface area contributed by atoms with E-state index in [0.29, 0.717) is 23.0 Å². The number of hydrogen-bond acceptors (Lipinski definition) is 5. The standard InChI is InChI=1S/C18H19ClFNO5/c1-23-15-6-11(7-16(24-2)18(15)25-3)9-21-17(22)10-26-12-4-5-14(20)13(19)8-12/h4-8H,9-10H2,1-3H3,(H,21,22). The van der Waals surface area contributed by atoms with Crippen molar-refractivity contribution in [1.82, 2.24) is 5.32 Å². The number of carbonyl (C=O) groups is 1. The van der Waals surface area contributed by atoms with E-state index in [1.165, 1.54) is 39.5 Å². The molecular formula is C18H19ClFNO5.